The molecule has 0 saturated carbocycles. The standard InChI is InChI=1S/C18H16FN3O3/c1-12(13-2-6-15(19)7-3-13)21-17(23)10-24-16-8-4-14(5-9-16)18-22-20-11-25-18/h2-9,11-12H,10H2,1H3,(H,21,23). The highest BCUT2D eigenvalue weighted by Gasteiger charge is 2.10. The topological polar surface area (TPSA) is 77.2 Å². The fourth-order valence-corrected chi connectivity index (χ4v) is 2.26. The average molecular weight is 341 g/mol. The van der Waals surface area contributed by atoms with Crippen molar-refractivity contribution in [2.45, 2.75) is 13.0 Å². The van der Waals surface area contributed by atoms with Gasteiger partial charge in [-0.2, -0.15) is 0 Å². The number of benzene rings is 2. The Morgan fingerprint density at radius 2 is 1.92 bits per heavy atom. The predicted molar refractivity (Wildman–Crippen MR) is 88.2 cm³/mol. The summed E-state index contributed by atoms with van der Waals surface area (Å²) in [5, 5.41) is 10.2. The van der Waals surface area contributed by atoms with Crippen molar-refractivity contribution in [3.05, 3.63) is 66.3 Å². The molecule has 1 unspecified atom stereocenters. The maximum Gasteiger partial charge on any atom is 0.258 e. The lowest BCUT2D eigenvalue weighted by atomic mass is 10.1. The molecule has 6 nitrogen and oxygen atoms in total. The van der Waals surface area contributed by atoms with Crippen LogP contribution in [-0.4, -0.2) is 22.7 Å². The van der Waals surface area contributed by atoms with E-state index in [1.165, 1.54) is 18.5 Å². The van der Waals surface area contributed by atoms with E-state index in [4.69, 9.17) is 9.15 Å². The van der Waals surface area contributed by atoms with Crippen LogP contribution in [0.15, 0.2) is 59.3 Å². The fraction of sp³-hybridized carbons (Fsp3) is 0.167. The Morgan fingerprint density at radius 1 is 1.20 bits per heavy atom. The number of nitrogens with zero attached hydrogens (tertiary/aromatic N) is 2. The van der Waals surface area contributed by atoms with Gasteiger partial charge in [0.15, 0.2) is 6.61 Å². The van der Waals surface area contributed by atoms with Gasteiger partial charge in [0.25, 0.3) is 5.91 Å². The fourth-order valence-electron chi connectivity index (χ4n) is 2.26. The Balaban J connectivity index is 1.51. The third-order valence-electron chi connectivity index (χ3n) is 3.58. The molecule has 3 aromatic rings. The van der Waals surface area contributed by atoms with E-state index in [0.717, 1.165) is 11.1 Å². The average Bonchev–Trinajstić information content (AvgIpc) is 3.15. The minimum atomic E-state index is -0.311. The number of halogens is 1. The van der Waals surface area contributed by atoms with Gasteiger partial charge in [0.2, 0.25) is 12.3 Å². The van der Waals surface area contributed by atoms with E-state index in [2.05, 4.69) is 15.5 Å². The minimum absolute atomic E-state index is 0.120. The van der Waals surface area contributed by atoms with Crippen molar-refractivity contribution < 1.29 is 18.3 Å². The van der Waals surface area contributed by atoms with E-state index in [9.17, 15) is 9.18 Å². The summed E-state index contributed by atoms with van der Waals surface area (Å²) in [5.74, 6) is 0.387. The number of aromatic nitrogens is 2. The first-order valence-electron chi connectivity index (χ1n) is 7.66. The van der Waals surface area contributed by atoms with Crippen LogP contribution in [0.1, 0.15) is 18.5 Å². The molecule has 0 radical (unpaired) electrons. The molecule has 1 N–H and O–H groups in total. The molecular weight excluding hydrogens is 325 g/mol. The quantitative estimate of drug-likeness (QED) is 0.745. The van der Waals surface area contributed by atoms with Crippen LogP contribution in [0.25, 0.3) is 11.5 Å². The number of rotatable bonds is 6. The first kappa shape index (κ1) is 16.6. The summed E-state index contributed by atoms with van der Waals surface area (Å²) in [5.41, 5.74) is 1.58. The van der Waals surface area contributed by atoms with Crippen molar-refractivity contribution in [1.29, 1.82) is 0 Å². The van der Waals surface area contributed by atoms with Gasteiger partial charge >= 0.3 is 0 Å². The number of ether oxygens (including phenoxy) is 1. The highest BCUT2D eigenvalue weighted by Crippen LogP contribution is 2.20. The summed E-state index contributed by atoms with van der Waals surface area (Å²) in [6.07, 6.45) is 1.26. The second-order valence-corrected chi connectivity index (χ2v) is 5.40. The zero-order valence-electron chi connectivity index (χ0n) is 13.5. The number of hydrogen-bond donors (Lipinski definition) is 1. The number of carbonyl (C=O) groups excluding carboxylic acids is 1. The second kappa shape index (κ2) is 7.57. The molecule has 0 aliphatic heterocycles. The third kappa shape index (κ3) is 4.41. The number of amides is 1. The molecule has 0 saturated heterocycles. The smallest absolute Gasteiger partial charge is 0.258 e. The molecule has 0 fully saturated rings. The van der Waals surface area contributed by atoms with Crippen molar-refractivity contribution in [2.24, 2.45) is 0 Å². The summed E-state index contributed by atoms with van der Waals surface area (Å²) in [4.78, 5) is 12.0. The van der Waals surface area contributed by atoms with Gasteiger partial charge in [-0.15, -0.1) is 10.2 Å². The molecule has 128 valence electrons. The van der Waals surface area contributed by atoms with Gasteiger partial charge in [-0.1, -0.05) is 12.1 Å². The third-order valence-corrected chi connectivity index (χ3v) is 3.58. The summed E-state index contributed by atoms with van der Waals surface area (Å²) in [6.45, 7) is 1.70. The van der Waals surface area contributed by atoms with Crippen molar-refractivity contribution in [1.82, 2.24) is 15.5 Å². The van der Waals surface area contributed by atoms with Crippen LogP contribution in [0, 0.1) is 5.82 Å². The summed E-state index contributed by atoms with van der Waals surface area (Å²) >= 11 is 0. The predicted octanol–water partition coefficient (Wildman–Crippen LogP) is 3.13. The zero-order chi connectivity index (χ0) is 17.6. The summed E-state index contributed by atoms with van der Waals surface area (Å²) < 4.78 is 23.5. The second-order valence-electron chi connectivity index (χ2n) is 5.40. The van der Waals surface area contributed by atoms with E-state index in [0.29, 0.717) is 11.6 Å². The van der Waals surface area contributed by atoms with Gasteiger partial charge in [0.1, 0.15) is 11.6 Å². The lowest BCUT2D eigenvalue weighted by Gasteiger charge is -2.14. The van der Waals surface area contributed by atoms with Gasteiger partial charge in [-0.3, -0.25) is 4.79 Å². The van der Waals surface area contributed by atoms with Crippen molar-refractivity contribution in [2.75, 3.05) is 6.61 Å². The van der Waals surface area contributed by atoms with E-state index < -0.39 is 0 Å². The van der Waals surface area contributed by atoms with Gasteiger partial charge < -0.3 is 14.5 Å². The van der Waals surface area contributed by atoms with Gasteiger partial charge in [0.05, 0.1) is 6.04 Å². The van der Waals surface area contributed by atoms with Crippen molar-refractivity contribution in [3.8, 4) is 17.2 Å². The Morgan fingerprint density at radius 3 is 2.56 bits per heavy atom. The molecule has 0 spiro atoms. The molecule has 25 heavy (non-hydrogen) atoms. The van der Waals surface area contributed by atoms with Crippen LogP contribution in [-0.2, 0) is 4.79 Å². The van der Waals surface area contributed by atoms with Crippen LogP contribution in [0.2, 0.25) is 0 Å². The number of hydrogen-bond acceptors (Lipinski definition) is 5. The molecule has 3 rings (SSSR count). The monoisotopic (exact) mass is 341 g/mol. The van der Waals surface area contributed by atoms with E-state index in [-0.39, 0.29) is 24.4 Å². The van der Waals surface area contributed by atoms with E-state index in [1.807, 2.05) is 6.92 Å². The Bertz CT molecular complexity index is 818. The number of nitrogens with one attached hydrogen (secondary N) is 1. The van der Waals surface area contributed by atoms with Gasteiger partial charge in [0, 0.05) is 5.56 Å². The van der Waals surface area contributed by atoms with Crippen LogP contribution in [0.5, 0.6) is 5.75 Å². The molecule has 1 heterocycles. The maximum atomic E-state index is 12.9. The van der Waals surface area contributed by atoms with E-state index in [1.54, 1.807) is 36.4 Å². The van der Waals surface area contributed by atoms with Crippen molar-refractivity contribution in [3.63, 3.8) is 0 Å². The normalized spacial score (nSPS) is 11.8. The molecular formula is C18H16FN3O3. The van der Waals surface area contributed by atoms with Crippen LogP contribution < -0.4 is 10.1 Å². The van der Waals surface area contributed by atoms with Crippen LogP contribution >= 0.6 is 0 Å². The number of carbonyl (C=O) groups is 1. The summed E-state index contributed by atoms with van der Waals surface area (Å²) in [7, 11) is 0. The highest BCUT2D eigenvalue weighted by atomic mass is 19.1. The minimum Gasteiger partial charge on any atom is -0.484 e. The zero-order valence-corrected chi connectivity index (χ0v) is 13.5. The largest absolute Gasteiger partial charge is 0.484 e. The SMILES string of the molecule is CC(NC(=O)COc1ccc(-c2nnco2)cc1)c1ccc(F)cc1. The molecule has 1 amide bonds. The molecule has 1 atom stereocenters. The highest BCUT2D eigenvalue weighted by molar-refractivity contribution is 5.78. The molecule has 7 heteroatoms. The lowest BCUT2D eigenvalue weighted by molar-refractivity contribution is -0.123. The first-order valence-corrected chi connectivity index (χ1v) is 7.66. The van der Waals surface area contributed by atoms with Gasteiger partial charge in [-0.25, -0.2) is 4.39 Å². The van der Waals surface area contributed by atoms with Crippen molar-refractivity contribution >= 4 is 5.91 Å². The summed E-state index contributed by atoms with van der Waals surface area (Å²) in [6, 6.07) is 12.7. The Labute approximate surface area is 143 Å². The molecule has 0 aliphatic carbocycles. The Hall–Kier alpha value is -3.22. The van der Waals surface area contributed by atoms with Gasteiger partial charge in [-0.05, 0) is 48.9 Å². The Kier molecular flexibility index (Phi) is 5.03. The molecule has 1 aromatic heterocycles. The maximum absolute atomic E-state index is 12.9. The van der Waals surface area contributed by atoms with E-state index >= 15 is 0 Å². The lowest BCUT2D eigenvalue weighted by Crippen LogP contribution is -2.31. The first-order chi connectivity index (χ1) is 12.1. The molecule has 0 aliphatic rings. The molecule has 2 aromatic carbocycles. The van der Waals surface area contributed by atoms with Crippen LogP contribution in [0.3, 0.4) is 0 Å². The van der Waals surface area contributed by atoms with Crippen LogP contribution in [0.4, 0.5) is 4.39 Å². The molecule has 0 bridgehead atoms.